The smallest absolute Gasteiger partial charge is 0.111 e. The number of likely N-dealkylation sites (N-methyl/N-ethyl adjacent to an activating group) is 2. The molecule has 0 saturated heterocycles. The van der Waals surface area contributed by atoms with E-state index in [-0.39, 0.29) is 24.5 Å². The van der Waals surface area contributed by atoms with Gasteiger partial charge in [0.05, 0.1) is 0 Å². The number of aliphatic hydroxyl groups excluding tert-OH is 2. The van der Waals surface area contributed by atoms with Gasteiger partial charge in [0, 0.05) is 25.2 Å². The van der Waals surface area contributed by atoms with Gasteiger partial charge in [-0.05, 0) is 69.7 Å². The van der Waals surface area contributed by atoms with Gasteiger partial charge in [-0.25, -0.2) is 0 Å². The number of hydrogen-bond donors (Lipinski definition) is 2. The first-order valence-electron chi connectivity index (χ1n) is 9.24. The minimum atomic E-state index is -0.606. The minimum Gasteiger partial charge on any atom is -0.379 e. The molecule has 0 amide bonds. The van der Waals surface area contributed by atoms with Crippen LogP contribution in [0.15, 0.2) is 0 Å². The molecule has 0 aliphatic carbocycles. The van der Waals surface area contributed by atoms with Gasteiger partial charge in [0.1, 0.15) is 24.9 Å². The fourth-order valence-corrected chi connectivity index (χ4v) is 2.59. The van der Waals surface area contributed by atoms with E-state index < -0.39 is 12.5 Å². The second-order valence-electron chi connectivity index (χ2n) is 7.62. The molecule has 0 spiro atoms. The van der Waals surface area contributed by atoms with E-state index in [1.807, 2.05) is 51.8 Å². The largest absolute Gasteiger partial charge is 0.379 e. The lowest BCUT2D eigenvalue weighted by Gasteiger charge is -2.40. The highest BCUT2D eigenvalue weighted by Crippen LogP contribution is 2.15. The van der Waals surface area contributed by atoms with Crippen molar-refractivity contribution < 1.29 is 14.9 Å². The van der Waals surface area contributed by atoms with Gasteiger partial charge in [-0.1, -0.05) is 0 Å². The molecule has 0 aromatic carbocycles. The van der Waals surface area contributed by atoms with Crippen LogP contribution in [-0.4, -0.2) is 108 Å². The van der Waals surface area contributed by atoms with Crippen LogP contribution in [0.1, 0.15) is 41.5 Å². The summed E-state index contributed by atoms with van der Waals surface area (Å²) >= 11 is 0. The fourth-order valence-electron chi connectivity index (χ4n) is 2.59. The number of ether oxygens (including phenoxy) is 1. The number of hydrogen-bond acceptors (Lipinski definition) is 7. The van der Waals surface area contributed by atoms with E-state index in [0.717, 1.165) is 0 Å². The van der Waals surface area contributed by atoms with Gasteiger partial charge in [-0.3, -0.25) is 9.80 Å². The number of rotatable bonds is 12. The Morgan fingerprint density at radius 2 is 0.920 bits per heavy atom. The maximum atomic E-state index is 10.1. The molecule has 0 heterocycles. The Balaban J connectivity index is 4.96. The van der Waals surface area contributed by atoms with Crippen LogP contribution in [0.4, 0.5) is 0 Å². The molecule has 0 aromatic rings. The molecule has 0 fully saturated rings. The van der Waals surface area contributed by atoms with Crippen molar-refractivity contribution in [2.75, 3.05) is 41.3 Å². The Morgan fingerprint density at radius 3 is 1.12 bits per heavy atom. The first kappa shape index (κ1) is 24.7. The van der Waals surface area contributed by atoms with Crippen molar-refractivity contribution in [3.05, 3.63) is 0 Å². The Hall–Kier alpha value is -0.280. The maximum absolute atomic E-state index is 10.1. The lowest BCUT2D eigenvalue weighted by molar-refractivity contribution is -0.199. The molecular formula is C18H42N4O3. The van der Waals surface area contributed by atoms with Crippen molar-refractivity contribution in [3.63, 3.8) is 0 Å². The molecular weight excluding hydrogens is 320 g/mol. The van der Waals surface area contributed by atoms with Gasteiger partial charge in [-0.15, -0.1) is 0 Å². The van der Waals surface area contributed by atoms with Gasteiger partial charge >= 0.3 is 0 Å². The summed E-state index contributed by atoms with van der Waals surface area (Å²) in [6.45, 7) is 13.0. The van der Waals surface area contributed by atoms with E-state index in [9.17, 15) is 10.2 Å². The zero-order valence-electron chi connectivity index (χ0n) is 18.0. The molecule has 7 nitrogen and oxygen atoms in total. The van der Waals surface area contributed by atoms with Crippen LogP contribution >= 0.6 is 0 Å². The molecule has 0 bridgehead atoms. The molecule has 25 heavy (non-hydrogen) atoms. The summed E-state index contributed by atoms with van der Waals surface area (Å²) in [7, 11) is 8.10. The zero-order chi connectivity index (χ0) is 19.9. The molecule has 2 N–H and O–H groups in total. The van der Waals surface area contributed by atoms with Crippen molar-refractivity contribution in [1.82, 2.24) is 19.6 Å². The van der Waals surface area contributed by atoms with E-state index in [0.29, 0.717) is 13.1 Å². The van der Waals surface area contributed by atoms with Crippen molar-refractivity contribution in [2.24, 2.45) is 0 Å². The van der Waals surface area contributed by atoms with Gasteiger partial charge in [0.15, 0.2) is 0 Å². The highest BCUT2D eigenvalue weighted by atomic mass is 16.5. The maximum Gasteiger partial charge on any atom is 0.111 e. The Kier molecular flexibility index (Phi) is 11.3. The third-order valence-corrected chi connectivity index (χ3v) is 5.00. The first-order chi connectivity index (χ1) is 11.4. The summed E-state index contributed by atoms with van der Waals surface area (Å²) in [4.78, 5) is 8.09. The quantitative estimate of drug-likeness (QED) is 0.500. The van der Waals surface area contributed by atoms with Gasteiger partial charge in [0.2, 0.25) is 0 Å². The fraction of sp³-hybridized carbons (Fsp3) is 1.00. The summed E-state index contributed by atoms with van der Waals surface area (Å²) in [6, 6.07) is 0.579. The lowest BCUT2D eigenvalue weighted by Crippen LogP contribution is -2.53. The van der Waals surface area contributed by atoms with Crippen molar-refractivity contribution >= 4 is 0 Å². The van der Waals surface area contributed by atoms with Crippen LogP contribution in [0.3, 0.4) is 0 Å². The first-order valence-corrected chi connectivity index (χ1v) is 9.24. The molecule has 0 aromatic heterocycles. The van der Waals surface area contributed by atoms with E-state index in [1.165, 1.54) is 0 Å². The predicted octanol–water partition coefficient (Wildman–Crippen LogP) is 0.876. The van der Waals surface area contributed by atoms with Gasteiger partial charge in [-0.2, -0.15) is 0 Å². The number of aliphatic hydroxyl groups is 2. The van der Waals surface area contributed by atoms with Crippen molar-refractivity contribution in [1.29, 1.82) is 0 Å². The third kappa shape index (κ3) is 8.77. The van der Waals surface area contributed by atoms with Crippen LogP contribution in [0, 0.1) is 0 Å². The average Bonchev–Trinajstić information content (AvgIpc) is 2.47. The summed E-state index contributed by atoms with van der Waals surface area (Å²) in [5.74, 6) is 0. The Labute approximate surface area is 155 Å². The third-order valence-electron chi connectivity index (χ3n) is 5.00. The van der Waals surface area contributed by atoms with Crippen LogP contribution < -0.4 is 0 Å². The molecule has 7 heteroatoms. The summed E-state index contributed by atoms with van der Waals surface area (Å²) < 4.78 is 6.15. The molecule has 0 aliphatic rings. The summed E-state index contributed by atoms with van der Waals surface area (Å²) in [6.07, 6.45) is -1.75. The van der Waals surface area contributed by atoms with Crippen LogP contribution in [-0.2, 0) is 4.74 Å². The summed E-state index contributed by atoms with van der Waals surface area (Å²) in [5.41, 5.74) is 0. The highest BCUT2D eigenvalue weighted by Gasteiger charge is 2.28. The Bertz CT molecular complexity index is 321. The van der Waals surface area contributed by atoms with E-state index >= 15 is 0 Å². The molecule has 152 valence electrons. The average molecular weight is 363 g/mol. The monoisotopic (exact) mass is 362 g/mol. The van der Waals surface area contributed by atoms with E-state index in [1.54, 1.807) is 13.8 Å². The second kappa shape index (κ2) is 11.4. The SMILES string of the molecule is CC(CN(C(C)O)C(C)OC(C)N(CC(C)N(C)C)C(C)O)N(C)C. The molecule has 0 rings (SSSR count). The lowest BCUT2D eigenvalue weighted by atomic mass is 10.2. The molecule has 6 unspecified atom stereocenters. The van der Waals surface area contributed by atoms with Gasteiger partial charge < -0.3 is 24.7 Å². The van der Waals surface area contributed by atoms with Crippen LogP contribution in [0.5, 0.6) is 0 Å². The standard InChI is InChI=1S/C18H42N4O3/c1-13(19(7)8)11-21(15(3)23)17(5)25-18(6)22(16(4)24)12-14(2)20(9)10/h13-18,23-24H,11-12H2,1-10H3. The Morgan fingerprint density at radius 1 is 0.640 bits per heavy atom. The molecule has 0 radical (unpaired) electrons. The normalized spacial score (nSPS) is 20.2. The molecule has 6 atom stereocenters. The minimum absolute atomic E-state index is 0.270. The summed E-state index contributed by atoms with van der Waals surface area (Å²) in [5, 5.41) is 20.3. The van der Waals surface area contributed by atoms with Crippen LogP contribution in [0.25, 0.3) is 0 Å². The van der Waals surface area contributed by atoms with Crippen molar-refractivity contribution in [2.45, 2.75) is 78.5 Å². The number of nitrogens with zero attached hydrogens (tertiary/aromatic N) is 4. The topological polar surface area (TPSA) is 62.7 Å². The van der Waals surface area contributed by atoms with Crippen molar-refractivity contribution in [3.8, 4) is 0 Å². The predicted molar refractivity (Wildman–Crippen MR) is 103 cm³/mol. The second-order valence-corrected chi connectivity index (χ2v) is 7.62. The zero-order valence-corrected chi connectivity index (χ0v) is 18.0. The molecule has 0 saturated carbocycles. The van der Waals surface area contributed by atoms with Crippen LogP contribution in [0.2, 0.25) is 0 Å². The highest BCUT2D eigenvalue weighted by molar-refractivity contribution is 4.73. The van der Waals surface area contributed by atoms with E-state index in [4.69, 9.17) is 4.74 Å². The van der Waals surface area contributed by atoms with Gasteiger partial charge in [0.25, 0.3) is 0 Å². The van der Waals surface area contributed by atoms with E-state index in [2.05, 4.69) is 23.6 Å². The molecule has 0 aliphatic heterocycles.